The number of halogens is 1. The predicted octanol–water partition coefficient (Wildman–Crippen LogP) is 4.59. The van der Waals surface area contributed by atoms with Crippen molar-refractivity contribution in [2.24, 2.45) is 0 Å². The smallest absolute Gasteiger partial charge is 0.354 e. The molecule has 3 rings (SSSR count). The molecule has 0 saturated carbocycles. The fraction of sp³-hybridized carbons (Fsp3) is 0.227. The van der Waals surface area contributed by atoms with E-state index in [2.05, 4.69) is 11.1 Å². The van der Waals surface area contributed by atoms with Gasteiger partial charge in [-0.1, -0.05) is 32.9 Å². The van der Waals surface area contributed by atoms with Crippen LogP contribution in [-0.2, 0) is 25.5 Å². The van der Waals surface area contributed by atoms with E-state index in [0.717, 1.165) is 17.0 Å². The number of rotatable bonds is 5. The molecule has 1 N–H and O–H groups in total. The summed E-state index contributed by atoms with van der Waals surface area (Å²) >= 11 is 0. The molecule has 0 aliphatic rings. The normalized spacial score (nSPS) is 12.1. The van der Waals surface area contributed by atoms with Crippen molar-refractivity contribution in [2.75, 3.05) is 0 Å². The van der Waals surface area contributed by atoms with Crippen LogP contribution in [0.2, 0.25) is 0 Å². The number of carboxylic acids is 1. The van der Waals surface area contributed by atoms with Crippen LogP contribution in [0.3, 0.4) is 0 Å². The molecular weight excluding hydrogens is 535 g/mol. The maximum Gasteiger partial charge on any atom is 0.354 e. The molecular formula is C22H20FIrN2O2-. The number of aromatic carboxylic acids is 1. The summed E-state index contributed by atoms with van der Waals surface area (Å²) in [7, 11) is 0. The third kappa shape index (κ3) is 4.51. The number of hydrogen-bond acceptors (Lipinski definition) is 3. The van der Waals surface area contributed by atoms with Crippen LogP contribution in [0.1, 0.15) is 59.8 Å². The number of carboxylic acid groups (broad SMARTS) is 1. The summed E-state index contributed by atoms with van der Waals surface area (Å²) in [6, 6.07) is 18.1. The first-order valence-electron chi connectivity index (χ1n) is 8.64. The van der Waals surface area contributed by atoms with E-state index in [1.807, 2.05) is 39.0 Å². The second-order valence-electron chi connectivity index (χ2n) is 6.97. The standard InChI is InChI=1S/C22H20FN2O2.Ir/c1-14(17-6-4-8-19(24-17)21(26)27)18-7-5-9-20(25-18)22(2,3)15-10-12-16(23)13-11-15;/h4-10,12-14H,1-3H3,(H,26,27);/q-1;. The SMILES string of the molecule is CC(c1cccc(C(=O)O)n1)c1cccc(C(C)(C)c2[c-]cc(F)cc2)n1.[Ir]. The second kappa shape index (κ2) is 8.72. The van der Waals surface area contributed by atoms with Gasteiger partial charge >= 0.3 is 5.97 Å². The second-order valence-corrected chi connectivity index (χ2v) is 6.97. The van der Waals surface area contributed by atoms with Crippen LogP contribution in [0.25, 0.3) is 0 Å². The number of nitrogens with zero attached hydrogens (tertiary/aromatic N) is 2. The van der Waals surface area contributed by atoms with E-state index in [1.54, 1.807) is 18.2 Å². The van der Waals surface area contributed by atoms with Crippen molar-refractivity contribution in [1.82, 2.24) is 9.97 Å². The van der Waals surface area contributed by atoms with E-state index in [-0.39, 0.29) is 37.5 Å². The monoisotopic (exact) mass is 556 g/mol. The average Bonchev–Trinajstić information content (AvgIpc) is 2.68. The van der Waals surface area contributed by atoms with Gasteiger partial charge in [0.05, 0.1) is 5.69 Å². The Morgan fingerprint density at radius 3 is 2.32 bits per heavy atom. The first-order chi connectivity index (χ1) is 12.8. The van der Waals surface area contributed by atoms with Crippen molar-refractivity contribution in [3.05, 3.63) is 94.8 Å². The quantitative estimate of drug-likeness (QED) is 0.468. The van der Waals surface area contributed by atoms with Gasteiger partial charge in [-0.25, -0.2) is 9.78 Å². The van der Waals surface area contributed by atoms with Gasteiger partial charge in [-0.2, -0.15) is 17.7 Å². The van der Waals surface area contributed by atoms with Crippen LogP contribution in [-0.4, -0.2) is 21.0 Å². The zero-order valence-corrected chi connectivity index (χ0v) is 18.1. The molecule has 0 spiro atoms. The Hall–Kier alpha value is -2.43. The fourth-order valence-electron chi connectivity index (χ4n) is 2.94. The molecule has 2 heterocycles. The van der Waals surface area contributed by atoms with E-state index in [9.17, 15) is 9.18 Å². The van der Waals surface area contributed by atoms with Gasteiger partial charge < -0.3 is 5.11 Å². The summed E-state index contributed by atoms with van der Waals surface area (Å²) in [6.07, 6.45) is 0. The first kappa shape index (κ1) is 21.9. The van der Waals surface area contributed by atoms with Crippen molar-refractivity contribution >= 4 is 5.97 Å². The van der Waals surface area contributed by atoms with Crippen LogP contribution < -0.4 is 0 Å². The molecule has 0 aliphatic heterocycles. The molecule has 3 aromatic rings. The van der Waals surface area contributed by atoms with Gasteiger partial charge in [-0.15, -0.1) is 12.1 Å². The Morgan fingerprint density at radius 2 is 1.71 bits per heavy atom. The van der Waals surface area contributed by atoms with Crippen LogP contribution >= 0.6 is 0 Å². The maximum absolute atomic E-state index is 13.2. The van der Waals surface area contributed by atoms with Gasteiger partial charge in [0, 0.05) is 48.6 Å². The minimum atomic E-state index is -1.06. The predicted molar refractivity (Wildman–Crippen MR) is 100 cm³/mol. The zero-order valence-electron chi connectivity index (χ0n) is 15.7. The topological polar surface area (TPSA) is 63.1 Å². The number of aromatic nitrogens is 2. The molecule has 1 unspecified atom stereocenters. The van der Waals surface area contributed by atoms with Crippen LogP contribution in [0.4, 0.5) is 4.39 Å². The van der Waals surface area contributed by atoms with Gasteiger partial charge in [0.1, 0.15) is 5.69 Å². The number of hydrogen-bond donors (Lipinski definition) is 1. The van der Waals surface area contributed by atoms with Crippen LogP contribution in [0, 0.1) is 11.9 Å². The zero-order chi connectivity index (χ0) is 19.6. The average molecular weight is 556 g/mol. The molecule has 1 atom stereocenters. The summed E-state index contributed by atoms with van der Waals surface area (Å²) in [4.78, 5) is 20.2. The third-order valence-corrected chi connectivity index (χ3v) is 4.74. The van der Waals surface area contributed by atoms with Gasteiger partial charge in [0.25, 0.3) is 0 Å². The van der Waals surface area contributed by atoms with Crippen molar-refractivity contribution in [3.8, 4) is 0 Å². The van der Waals surface area contributed by atoms with Crippen molar-refractivity contribution in [2.45, 2.75) is 32.1 Å². The van der Waals surface area contributed by atoms with E-state index < -0.39 is 11.4 Å². The van der Waals surface area contributed by atoms with E-state index in [0.29, 0.717) is 5.69 Å². The molecule has 147 valence electrons. The molecule has 28 heavy (non-hydrogen) atoms. The maximum atomic E-state index is 13.2. The Balaban J connectivity index is 0.00000280. The number of benzene rings is 1. The van der Waals surface area contributed by atoms with Crippen LogP contribution in [0.5, 0.6) is 0 Å². The van der Waals surface area contributed by atoms with Crippen molar-refractivity contribution in [1.29, 1.82) is 0 Å². The summed E-state index contributed by atoms with van der Waals surface area (Å²) in [6.45, 7) is 5.96. The molecule has 6 heteroatoms. The molecule has 4 nitrogen and oxygen atoms in total. The van der Waals surface area contributed by atoms with E-state index in [4.69, 9.17) is 10.1 Å². The van der Waals surface area contributed by atoms with Gasteiger partial charge in [-0.05, 0) is 24.3 Å². The number of pyridine rings is 2. The van der Waals surface area contributed by atoms with Gasteiger partial charge in [0.2, 0.25) is 0 Å². The molecule has 2 aromatic heterocycles. The molecule has 0 aliphatic carbocycles. The fourth-order valence-corrected chi connectivity index (χ4v) is 2.94. The third-order valence-electron chi connectivity index (χ3n) is 4.74. The van der Waals surface area contributed by atoms with Gasteiger partial charge in [0.15, 0.2) is 0 Å². The Kier molecular flexibility index (Phi) is 6.81. The van der Waals surface area contributed by atoms with Crippen LogP contribution in [0.15, 0.2) is 54.6 Å². The number of carbonyl (C=O) groups is 1. The van der Waals surface area contributed by atoms with E-state index >= 15 is 0 Å². The molecule has 0 fully saturated rings. The molecule has 0 bridgehead atoms. The minimum Gasteiger partial charge on any atom is -0.477 e. The van der Waals surface area contributed by atoms with Gasteiger partial charge in [-0.3, -0.25) is 9.37 Å². The summed E-state index contributed by atoms with van der Waals surface area (Å²) in [5.74, 6) is -1.55. The largest absolute Gasteiger partial charge is 0.477 e. The Bertz CT molecular complexity index is 974. The van der Waals surface area contributed by atoms with Crippen molar-refractivity contribution in [3.63, 3.8) is 0 Å². The Labute approximate surface area is 177 Å². The Morgan fingerprint density at radius 1 is 1.07 bits per heavy atom. The molecule has 1 aromatic carbocycles. The van der Waals surface area contributed by atoms with Crippen molar-refractivity contribution < 1.29 is 34.4 Å². The summed E-state index contributed by atoms with van der Waals surface area (Å²) < 4.78 is 13.2. The van der Waals surface area contributed by atoms with E-state index in [1.165, 1.54) is 18.2 Å². The molecule has 0 saturated heterocycles. The summed E-state index contributed by atoms with van der Waals surface area (Å²) in [5, 5.41) is 9.15. The first-order valence-corrected chi connectivity index (χ1v) is 8.64. The minimum absolute atomic E-state index is 0. The summed E-state index contributed by atoms with van der Waals surface area (Å²) in [5.41, 5.74) is 2.65. The molecule has 0 amide bonds. The molecule has 1 radical (unpaired) electrons.